The molecule has 1 aliphatic rings. The standard InChI is InChI=1S/C12H19N3O3S/c1-9(2)15-5-4-13-11(15)7-14-12(16)10-3-6-19(17,18)8-10/h4-5,9-10H,3,6-8H2,1-2H3,(H,14,16). The van der Waals surface area contributed by atoms with Crippen molar-refractivity contribution in [2.24, 2.45) is 5.92 Å². The molecular formula is C12H19N3O3S. The summed E-state index contributed by atoms with van der Waals surface area (Å²) in [6, 6.07) is 0.279. The van der Waals surface area contributed by atoms with Crippen LogP contribution >= 0.6 is 0 Å². The molecule has 1 atom stereocenters. The van der Waals surface area contributed by atoms with Crippen LogP contribution in [0.2, 0.25) is 0 Å². The maximum Gasteiger partial charge on any atom is 0.224 e. The highest BCUT2D eigenvalue weighted by Crippen LogP contribution is 2.18. The average molecular weight is 285 g/mol. The second-order valence-electron chi connectivity index (χ2n) is 5.16. The van der Waals surface area contributed by atoms with Crippen LogP contribution in [-0.4, -0.2) is 35.4 Å². The fourth-order valence-corrected chi connectivity index (χ4v) is 4.00. The number of carbonyl (C=O) groups is 1. The van der Waals surface area contributed by atoms with Crippen LogP contribution in [0.15, 0.2) is 12.4 Å². The molecule has 1 amide bonds. The van der Waals surface area contributed by atoms with Crippen LogP contribution in [0.25, 0.3) is 0 Å². The molecule has 1 aliphatic heterocycles. The van der Waals surface area contributed by atoms with Gasteiger partial charge >= 0.3 is 0 Å². The van der Waals surface area contributed by atoms with Gasteiger partial charge in [-0.1, -0.05) is 0 Å². The van der Waals surface area contributed by atoms with Gasteiger partial charge in [0.1, 0.15) is 5.82 Å². The third-order valence-corrected chi connectivity index (χ3v) is 5.10. The van der Waals surface area contributed by atoms with E-state index in [1.165, 1.54) is 0 Å². The summed E-state index contributed by atoms with van der Waals surface area (Å²) in [5, 5.41) is 2.77. The highest BCUT2D eigenvalue weighted by Gasteiger charge is 2.32. The van der Waals surface area contributed by atoms with Crippen LogP contribution < -0.4 is 5.32 Å². The van der Waals surface area contributed by atoms with E-state index in [1.807, 2.05) is 24.6 Å². The van der Waals surface area contributed by atoms with Crippen molar-refractivity contribution in [2.45, 2.75) is 32.9 Å². The third kappa shape index (κ3) is 3.34. The van der Waals surface area contributed by atoms with Crippen molar-refractivity contribution in [3.8, 4) is 0 Å². The van der Waals surface area contributed by atoms with Crippen LogP contribution in [0.1, 0.15) is 32.1 Å². The average Bonchev–Trinajstić information content (AvgIpc) is 2.92. The maximum atomic E-state index is 11.9. The van der Waals surface area contributed by atoms with Crippen LogP contribution in [0.5, 0.6) is 0 Å². The molecule has 0 spiro atoms. The molecule has 1 aromatic rings. The first-order chi connectivity index (χ1) is 8.89. The Morgan fingerprint density at radius 1 is 1.58 bits per heavy atom. The highest BCUT2D eigenvalue weighted by molar-refractivity contribution is 7.91. The summed E-state index contributed by atoms with van der Waals surface area (Å²) in [5.74, 6) is 0.263. The Kier molecular flexibility index (Phi) is 3.93. The van der Waals surface area contributed by atoms with Crippen molar-refractivity contribution in [2.75, 3.05) is 11.5 Å². The van der Waals surface area contributed by atoms with E-state index in [1.54, 1.807) is 6.20 Å². The largest absolute Gasteiger partial charge is 0.349 e. The normalized spacial score (nSPS) is 21.7. The van der Waals surface area contributed by atoms with Gasteiger partial charge in [0.25, 0.3) is 0 Å². The fourth-order valence-electron chi connectivity index (χ4n) is 2.26. The maximum absolute atomic E-state index is 11.9. The zero-order chi connectivity index (χ0) is 14.0. The van der Waals surface area contributed by atoms with E-state index in [0.717, 1.165) is 5.82 Å². The van der Waals surface area contributed by atoms with E-state index in [2.05, 4.69) is 10.3 Å². The number of nitrogens with one attached hydrogen (secondary N) is 1. The molecule has 0 aromatic carbocycles. The molecule has 2 heterocycles. The molecule has 1 unspecified atom stereocenters. The summed E-state index contributed by atoms with van der Waals surface area (Å²) < 4.78 is 24.6. The zero-order valence-corrected chi connectivity index (χ0v) is 12.0. The van der Waals surface area contributed by atoms with E-state index in [9.17, 15) is 13.2 Å². The number of hydrogen-bond acceptors (Lipinski definition) is 4. The number of carbonyl (C=O) groups excluding carboxylic acids is 1. The minimum atomic E-state index is -3.02. The number of aromatic nitrogens is 2. The van der Waals surface area contributed by atoms with Gasteiger partial charge in [0, 0.05) is 18.4 Å². The Bertz CT molecular complexity index is 563. The summed E-state index contributed by atoms with van der Waals surface area (Å²) in [4.78, 5) is 16.1. The summed E-state index contributed by atoms with van der Waals surface area (Å²) in [6.45, 7) is 4.41. The highest BCUT2D eigenvalue weighted by atomic mass is 32.2. The number of sulfone groups is 1. The van der Waals surface area contributed by atoms with Gasteiger partial charge in [-0.15, -0.1) is 0 Å². The molecule has 0 saturated carbocycles. The minimum absolute atomic E-state index is 0.0303. The smallest absolute Gasteiger partial charge is 0.224 e. The van der Waals surface area contributed by atoms with Crippen LogP contribution in [0, 0.1) is 5.92 Å². The van der Waals surface area contributed by atoms with Crippen molar-refractivity contribution in [1.82, 2.24) is 14.9 Å². The topological polar surface area (TPSA) is 81.1 Å². The molecule has 0 bridgehead atoms. The minimum Gasteiger partial charge on any atom is -0.349 e. The first kappa shape index (κ1) is 14.0. The second kappa shape index (κ2) is 5.32. The van der Waals surface area contributed by atoms with Crippen LogP contribution in [-0.2, 0) is 21.2 Å². The zero-order valence-electron chi connectivity index (χ0n) is 11.2. The summed E-state index contributed by atoms with van der Waals surface area (Å²) >= 11 is 0. The Morgan fingerprint density at radius 3 is 2.89 bits per heavy atom. The number of rotatable bonds is 4. The molecule has 0 radical (unpaired) electrons. The lowest BCUT2D eigenvalue weighted by Gasteiger charge is -2.13. The monoisotopic (exact) mass is 285 g/mol. The number of hydrogen-bond donors (Lipinski definition) is 1. The van der Waals surface area contributed by atoms with Crippen LogP contribution in [0.3, 0.4) is 0 Å². The van der Waals surface area contributed by atoms with E-state index in [0.29, 0.717) is 13.0 Å². The van der Waals surface area contributed by atoms with E-state index in [-0.39, 0.29) is 23.5 Å². The van der Waals surface area contributed by atoms with E-state index >= 15 is 0 Å². The lowest BCUT2D eigenvalue weighted by Crippen LogP contribution is -2.32. The molecule has 106 valence electrons. The Labute approximate surface area is 113 Å². The van der Waals surface area contributed by atoms with Crippen molar-refractivity contribution < 1.29 is 13.2 Å². The molecule has 19 heavy (non-hydrogen) atoms. The molecule has 1 fully saturated rings. The molecule has 1 N–H and O–H groups in total. The predicted molar refractivity (Wildman–Crippen MR) is 71.2 cm³/mol. The van der Waals surface area contributed by atoms with E-state index < -0.39 is 15.8 Å². The Hall–Kier alpha value is -1.37. The molecule has 1 aromatic heterocycles. The van der Waals surface area contributed by atoms with Crippen molar-refractivity contribution >= 4 is 15.7 Å². The number of nitrogens with zero attached hydrogens (tertiary/aromatic N) is 2. The van der Waals surface area contributed by atoms with Crippen molar-refractivity contribution in [3.05, 3.63) is 18.2 Å². The van der Waals surface area contributed by atoms with Gasteiger partial charge in [0.2, 0.25) is 5.91 Å². The number of imidazole rings is 1. The SMILES string of the molecule is CC(C)n1ccnc1CNC(=O)C1CCS(=O)(=O)C1. The van der Waals surface area contributed by atoms with Gasteiger partial charge in [0.05, 0.1) is 24.0 Å². The second-order valence-corrected chi connectivity index (χ2v) is 7.39. The first-order valence-corrected chi connectivity index (χ1v) is 8.21. The Morgan fingerprint density at radius 2 is 2.32 bits per heavy atom. The van der Waals surface area contributed by atoms with Gasteiger partial charge in [-0.3, -0.25) is 4.79 Å². The molecular weight excluding hydrogens is 266 g/mol. The van der Waals surface area contributed by atoms with Crippen molar-refractivity contribution in [1.29, 1.82) is 0 Å². The van der Waals surface area contributed by atoms with Gasteiger partial charge in [0.15, 0.2) is 9.84 Å². The van der Waals surface area contributed by atoms with Gasteiger partial charge < -0.3 is 9.88 Å². The van der Waals surface area contributed by atoms with Gasteiger partial charge in [-0.2, -0.15) is 0 Å². The van der Waals surface area contributed by atoms with Crippen molar-refractivity contribution in [3.63, 3.8) is 0 Å². The summed E-state index contributed by atoms with van der Waals surface area (Å²) in [6.07, 6.45) is 3.99. The summed E-state index contributed by atoms with van der Waals surface area (Å²) in [7, 11) is -3.02. The predicted octanol–water partition coefficient (Wildman–Crippen LogP) is 0.515. The molecule has 2 rings (SSSR count). The quantitative estimate of drug-likeness (QED) is 0.874. The number of amides is 1. The first-order valence-electron chi connectivity index (χ1n) is 6.39. The fraction of sp³-hybridized carbons (Fsp3) is 0.667. The lowest BCUT2D eigenvalue weighted by atomic mass is 10.1. The van der Waals surface area contributed by atoms with Gasteiger partial charge in [-0.25, -0.2) is 13.4 Å². The molecule has 0 aliphatic carbocycles. The molecule has 7 heteroatoms. The molecule has 6 nitrogen and oxygen atoms in total. The lowest BCUT2D eigenvalue weighted by molar-refractivity contribution is -0.124. The molecule has 1 saturated heterocycles. The van der Waals surface area contributed by atoms with Crippen LogP contribution in [0.4, 0.5) is 0 Å². The van der Waals surface area contributed by atoms with Gasteiger partial charge in [-0.05, 0) is 20.3 Å². The Balaban J connectivity index is 1.92. The summed E-state index contributed by atoms with van der Waals surface area (Å²) in [5.41, 5.74) is 0. The van der Waals surface area contributed by atoms with E-state index in [4.69, 9.17) is 0 Å². The third-order valence-electron chi connectivity index (χ3n) is 3.33.